The van der Waals surface area contributed by atoms with Crippen LogP contribution >= 0.6 is 0 Å². The van der Waals surface area contributed by atoms with Crippen LogP contribution in [0.25, 0.3) is 0 Å². The molecule has 0 radical (unpaired) electrons. The zero-order valence-electron chi connectivity index (χ0n) is 14.9. The van der Waals surface area contributed by atoms with E-state index in [1.165, 1.54) is 11.8 Å². The van der Waals surface area contributed by atoms with Crippen molar-refractivity contribution in [1.29, 1.82) is 0 Å². The van der Waals surface area contributed by atoms with Crippen molar-refractivity contribution in [2.24, 2.45) is 0 Å². The molecule has 126 valence electrons. The highest BCUT2D eigenvalue weighted by Gasteiger charge is 2.18. The van der Waals surface area contributed by atoms with Crippen LogP contribution in [-0.4, -0.2) is 18.4 Å². The molecule has 0 spiro atoms. The number of amides is 2. The molecule has 4 heteroatoms. The Morgan fingerprint density at radius 2 is 1.71 bits per heavy atom. The molecule has 0 bridgehead atoms. The highest BCUT2D eigenvalue weighted by Crippen LogP contribution is 2.23. The van der Waals surface area contributed by atoms with Gasteiger partial charge in [0.05, 0.1) is 0 Å². The van der Waals surface area contributed by atoms with Crippen molar-refractivity contribution in [3.05, 3.63) is 58.7 Å². The van der Waals surface area contributed by atoms with Gasteiger partial charge in [0, 0.05) is 18.3 Å². The quantitative estimate of drug-likeness (QED) is 0.927. The van der Waals surface area contributed by atoms with Gasteiger partial charge in [0.1, 0.15) is 6.54 Å². The van der Waals surface area contributed by atoms with Crippen molar-refractivity contribution in [3.63, 3.8) is 0 Å². The fraction of sp³-hybridized carbons (Fsp3) is 0.300. The number of carbonyl (C=O) groups excluding carboxylic acids is 2. The SMILES string of the molecule is CC(=O)N(CC(=O)Nc1cc(C)ccc1C)c1cccc(C)c1C. The molecule has 0 saturated heterocycles. The predicted molar refractivity (Wildman–Crippen MR) is 98.5 cm³/mol. The molecule has 2 aromatic carbocycles. The molecule has 2 amide bonds. The Hall–Kier alpha value is -2.62. The Bertz CT molecular complexity index is 781. The van der Waals surface area contributed by atoms with Gasteiger partial charge in [-0.1, -0.05) is 24.3 Å². The normalized spacial score (nSPS) is 10.4. The Morgan fingerprint density at radius 3 is 2.38 bits per heavy atom. The number of benzene rings is 2. The first-order valence-corrected chi connectivity index (χ1v) is 8.01. The lowest BCUT2D eigenvalue weighted by atomic mass is 10.1. The van der Waals surface area contributed by atoms with E-state index in [0.29, 0.717) is 0 Å². The third-order valence-corrected chi connectivity index (χ3v) is 4.22. The number of nitrogens with zero attached hydrogens (tertiary/aromatic N) is 1. The van der Waals surface area contributed by atoms with Gasteiger partial charge in [-0.2, -0.15) is 0 Å². The summed E-state index contributed by atoms with van der Waals surface area (Å²) in [7, 11) is 0. The Morgan fingerprint density at radius 1 is 1.00 bits per heavy atom. The van der Waals surface area contributed by atoms with E-state index in [0.717, 1.165) is 33.6 Å². The van der Waals surface area contributed by atoms with E-state index in [4.69, 9.17) is 0 Å². The molecule has 4 nitrogen and oxygen atoms in total. The van der Waals surface area contributed by atoms with Gasteiger partial charge in [-0.3, -0.25) is 9.59 Å². The van der Waals surface area contributed by atoms with Crippen LogP contribution in [0.5, 0.6) is 0 Å². The molecule has 0 fully saturated rings. The number of hydrogen-bond acceptors (Lipinski definition) is 2. The van der Waals surface area contributed by atoms with Gasteiger partial charge in [0.15, 0.2) is 0 Å². The first-order chi connectivity index (χ1) is 11.3. The van der Waals surface area contributed by atoms with Gasteiger partial charge in [0.2, 0.25) is 11.8 Å². The summed E-state index contributed by atoms with van der Waals surface area (Å²) in [6.45, 7) is 9.35. The minimum Gasteiger partial charge on any atom is -0.324 e. The summed E-state index contributed by atoms with van der Waals surface area (Å²) in [6.07, 6.45) is 0. The highest BCUT2D eigenvalue weighted by atomic mass is 16.2. The maximum absolute atomic E-state index is 12.5. The molecule has 0 aliphatic rings. The third kappa shape index (κ3) is 4.02. The molecule has 0 saturated carbocycles. The molecule has 0 aliphatic carbocycles. The Kier molecular flexibility index (Phi) is 5.39. The van der Waals surface area contributed by atoms with E-state index < -0.39 is 0 Å². The van der Waals surface area contributed by atoms with E-state index in [-0.39, 0.29) is 18.4 Å². The van der Waals surface area contributed by atoms with Crippen LogP contribution in [0.4, 0.5) is 11.4 Å². The monoisotopic (exact) mass is 324 g/mol. The number of nitrogens with one attached hydrogen (secondary N) is 1. The molecule has 0 atom stereocenters. The summed E-state index contributed by atoms with van der Waals surface area (Å²) in [6, 6.07) is 11.7. The van der Waals surface area contributed by atoms with Crippen LogP contribution in [0.15, 0.2) is 36.4 Å². The zero-order valence-corrected chi connectivity index (χ0v) is 14.9. The molecule has 0 heterocycles. The zero-order chi connectivity index (χ0) is 17.9. The largest absolute Gasteiger partial charge is 0.324 e. The number of rotatable bonds is 4. The molecule has 24 heavy (non-hydrogen) atoms. The van der Waals surface area contributed by atoms with Gasteiger partial charge in [0.25, 0.3) is 0 Å². The second kappa shape index (κ2) is 7.30. The Labute approximate surface area is 143 Å². The van der Waals surface area contributed by atoms with Crippen molar-refractivity contribution in [3.8, 4) is 0 Å². The fourth-order valence-electron chi connectivity index (χ4n) is 2.60. The number of hydrogen-bond donors (Lipinski definition) is 1. The second-order valence-corrected chi connectivity index (χ2v) is 6.19. The summed E-state index contributed by atoms with van der Waals surface area (Å²) in [5, 5.41) is 2.91. The molecule has 2 rings (SSSR count). The summed E-state index contributed by atoms with van der Waals surface area (Å²) in [5.74, 6) is -0.361. The summed E-state index contributed by atoms with van der Waals surface area (Å²) in [5.41, 5.74) is 5.73. The second-order valence-electron chi connectivity index (χ2n) is 6.19. The topological polar surface area (TPSA) is 49.4 Å². The number of carbonyl (C=O) groups is 2. The maximum Gasteiger partial charge on any atom is 0.244 e. The van der Waals surface area contributed by atoms with Crippen LogP contribution in [-0.2, 0) is 9.59 Å². The summed E-state index contributed by atoms with van der Waals surface area (Å²) in [4.78, 5) is 26.0. The molecule has 0 aliphatic heterocycles. The van der Waals surface area contributed by atoms with Crippen LogP contribution in [0, 0.1) is 27.7 Å². The van der Waals surface area contributed by atoms with Gasteiger partial charge in [-0.15, -0.1) is 0 Å². The van der Waals surface area contributed by atoms with Crippen LogP contribution in [0.3, 0.4) is 0 Å². The van der Waals surface area contributed by atoms with Crippen molar-refractivity contribution in [2.45, 2.75) is 34.6 Å². The average molecular weight is 324 g/mol. The smallest absolute Gasteiger partial charge is 0.244 e. The van der Waals surface area contributed by atoms with Crippen molar-refractivity contribution >= 4 is 23.2 Å². The third-order valence-electron chi connectivity index (χ3n) is 4.22. The standard InChI is InChI=1S/C20H24N2O2/c1-13-9-10-15(3)18(11-13)21-20(24)12-22(17(5)23)19-8-6-7-14(2)16(19)4/h6-11H,12H2,1-5H3,(H,21,24). The van der Waals surface area contributed by atoms with Crippen molar-refractivity contribution < 1.29 is 9.59 Å². The molecular weight excluding hydrogens is 300 g/mol. The Balaban J connectivity index is 2.22. The fourth-order valence-corrected chi connectivity index (χ4v) is 2.60. The van der Waals surface area contributed by atoms with Crippen molar-refractivity contribution in [2.75, 3.05) is 16.8 Å². The summed E-state index contributed by atoms with van der Waals surface area (Å²) < 4.78 is 0. The first kappa shape index (κ1) is 17.7. The van der Waals surface area contributed by atoms with Gasteiger partial charge < -0.3 is 10.2 Å². The maximum atomic E-state index is 12.5. The van der Waals surface area contributed by atoms with E-state index in [9.17, 15) is 9.59 Å². The van der Waals surface area contributed by atoms with E-state index in [1.807, 2.05) is 64.1 Å². The lowest BCUT2D eigenvalue weighted by Gasteiger charge is -2.23. The van der Waals surface area contributed by atoms with Gasteiger partial charge in [-0.05, 0) is 62.1 Å². The van der Waals surface area contributed by atoms with E-state index >= 15 is 0 Å². The molecular formula is C20H24N2O2. The minimum atomic E-state index is -0.209. The van der Waals surface area contributed by atoms with Crippen LogP contribution in [0.1, 0.15) is 29.2 Å². The van der Waals surface area contributed by atoms with Crippen molar-refractivity contribution in [1.82, 2.24) is 0 Å². The lowest BCUT2D eigenvalue weighted by Crippen LogP contribution is -2.37. The molecule has 0 aromatic heterocycles. The predicted octanol–water partition coefficient (Wildman–Crippen LogP) is 3.91. The van der Waals surface area contributed by atoms with E-state index in [2.05, 4.69) is 5.32 Å². The molecule has 2 aromatic rings. The summed E-state index contributed by atoms with van der Waals surface area (Å²) >= 11 is 0. The molecule has 0 unspecified atom stereocenters. The van der Waals surface area contributed by atoms with Crippen LogP contribution < -0.4 is 10.2 Å². The van der Waals surface area contributed by atoms with E-state index in [1.54, 1.807) is 0 Å². The van der Waals surface area contributed by atoms with Gasteiger partial charge >= 0.3 is 0 Å². The minimum absolute atomic E-state index is 0.00694. The van der Waals surface area contributed by atoms with Crippen LogP contribution in [0.2, 0.25) is 0 Å². The number of aryl methyl sites for hydroxylation is 3. The lowest BCUT2D eigenvalue weighted by molar-refractivity contribution is -0.120. The number of anilines is 2. The first-order valence-electron chi connectivity index (χ1n) is 8.01. The molecule has 1 N–H and O–H groups in total. The highest BCUT2D eigenvalue weighted by molar-refractivity contribution is 6.02. The van der Waals surface area contributed by atoms with Gasteiger partial charge in [-0.25, -0.2) is 0 Å². The average Bonchev–Trinajstić information content (AvgIpc) is 2.51.